The number of fused-ring (bicyclic) bond motifs is 3. The molecular formula is C34H29NO5S2. The Morgan fingerprint density at radius 2 is 1.76 bits per heavy atom. The van der Waals surface area contributed by atoms with E-state index in [0.717, 1.165) is 21.6 Å². The second kappa shape index (κ2) is 11.2. The quantitative estimate of drug-likeness (QED) is 0.237. The Balaban J connectivity index is 1.28. The van der Waals surface area contributed by atoms with Crippen LogP contribution in [0, 0.1) is 6.92 Å². The largest absolute Gasteiger partial charge is 0.497 e. The molecule has 6 nitrogen and oxygen atoms in total. The van der Waals surface area contributed by atoms with Gasteiger partial charge in [-0.2, -0.15) is 0 Å². The van der Waals surface area contributed by atoms with E-state index in [0.29, 0.717) is 45.9 Å². The highest BCUT2D eigenvalue weighted by Crippen LogP contribution is 2.45. The molecule has 1 aliphatic carbocycles. The van der Waals surface area contributed by atoms with E-state index in [1.807, 2.05) is 61.5 Å². The molecule has 8 heteroatoms. The summed E-state index contributed by atoms with van der Waals surface area (Å²) in [7, 11) is -2.07. The van der Waals surface area contributed by atoms with E-state index < -0.39 is 9.84 Å². The van der Waals surface area contributed by atoms with Crippen LogP contribution in [0.25, 0.3) is 10.4 Å². The number of hydrogen-bond donors (Lipinski definition) is 1. The monoisotopic (exact) mass is 595 g/mol. The summed E-state index contributed by atoms with van der Waals surface area (Å²) in [6.45, 7) is 2.40. The number of amides is 1. The number of carbonyl (C=O) groups is 2. The number of carbonyl (C=O) groups excluding carboxylic acids is 2. The molecule has 2 heterocycles. The van der Waals surface area contributed by atoms with E-state index in [4.69, 9.17) is 4.74 Å². The van der Waals surface area contributed by atoms with Gasteiger partial charge in [-0.3, -0.25) is 9.59 Å². The molecule has 6 rings (SSSR count). The van der Waals surface area contributed by atoms with E-state index >= 15 is 0 Å². The molecular weight excluding hydrogens is 567 g/mol. The molecule has 42 heavy (non-hydrogen) atoms. The molecule has 1 aliphatic heterocycles. The zero-order valence-corrected chi connectivity index (χ0v) is 24.8. The fraction of sp³-hybridized carbons (Fsp3) is 0.176. The van der Waals surface area contributed by atoms with Crippen molar-refractivity contribution in [3.8, 4) is 16.2 Å². The van der Waals surface area contributed by atoms with Crippen LogP contribution in [0.4, 0.5) is 0 Å². The van der Waals surface area contributed by atoms with E-state index in [1.54, 1.807) is 43.5 Å². The lowest BCUT2D eigenvalue weighted by Gasteiger charge is -2.24. The highest BCUT2D eigenvalue weighted by molar-refractivity contribution is 7.91. The van der Waals surface area contributed by atoms with Crippen LogP contribution in [0.5, 0.6) is 5.75 Å². The second-order valence-corrected chi connectivity index (χ2v) is 13.6. The normalized spacial score (nSPS) is 16.6. The van der Waals surface area contributed by atoms with Gasteiger partial charge in [-0.25, -0.2) is 8.42 Å². The average molecular weight is 596 g/mol. The number of aryl methyl sites for hydroxylation is 1. The first kappa shape index (κ1) is 27.9. The molecule has 2 aliphatic rings. The highest BCUT2D eigenvalue weighted by atomic mass is 32.2. The van der Waals surface area contributed by atoms with Gasteiger partial charge in [-0.15, -0.1) is 11.3 Å². The minimum absolute atomic E-state index is 0.102. The first-order valence-corrected chi connectivity index (χ1v) is 16.1. The summed E-state index contributed by atoms with van der Waals surface area (Å²) in [5, 5.41) is 2.95. The Hall–Kier alpha value is -4.27. The first-order valence-electron chi connectivity index (χ1n) is 13.6. The molecule has 0 bridgehead atoms. The van der Waals surface area contributed by atoms with Gasteiger partial charge >= 0.3 is 0 Å². The fourth-order valence-corrected chi connectivity index (χ4v) is 8.33. The summed E-state index contributed by atoms with van der Waals surface area (Å²) >= 11 is 1.31. The van der Waals surface area contributed by atoms with Gasteiger partial charge in [0.15, 0.2) is 15.6 Å². The third-order valence-electron chi connectivity index (χ3n) is 7.71. The molecule has 1 amide bonds. The lowest BCUT2D eigenvalue weighted by Crippen LogP contribution is -2.21. The van der Waals surface area contributed by atoms with Gasteiger partial charge in [0.1, 0.15) is 5.75 Å². The average Bonchev–Trinajstić information content (AvgIpc) is 3.43. The van der Waals surface area contributed by atoms with Crippen LogP contribution >= 0.6 is 11.3 Å². The van der Waals surface area contributed by atoms with Crippen molar-refractivity contribution in [3.63, 3.8) is 0 Å². The van der Waals surface area contributed by atoms with Crippen molar-refractivity contribution < 1.29 is 22.7 Å². The minimum Gasteiger partial charge on any atom is -0.497 e. The van der Waals surface area contributed by atoms with Gasteiger partial charge in [0.2, 0.25) is 0 Å². The van der Waals surface area contributed by atoms with Crippen LogP contribution in [0.3, 0.4) is 0 Å². The molecule has 4 aromatic rings. The van der Waals surface area contributed by atoms with E-state index in [1.165, 1.54) is 11.3 Å². The summed E-state index contributed by atoms with van der Waals surface area (Å²) in [6.07, 6.45) is 6.25. The predicted octanol–water partition coefficient (Wildman–Crippen LogP) is 6.80. The standard InChI is InChI=1S/C34H29NO5S2/c1-21-7-9-22(10-8-21)19-35-34(37)30-17-25-20-42(38,39)31-18-24(13-16-29(31)33(25)41-30)27-5-3-4-6-28(27)32(36)23-11-14-26(40-2)15-12-23/h3-4,6-18,27H,5,19-20H2,1-2H3,(H,35,37). The molecule has 1 atom stereocenters. The second-order valence-electron chi connectivity index (χ2n) is 10.5. The third-order valence-corrected chi connectivity index (χ3v) is 10.6. The number of thiophene rings is 1. The number of benzene rings is 3. The Bertz CT molecular complexity index is 1860. The number of rotatable bonds is 7. The van der Waals surface area contributed by atoms with Crippen molar-refractivity contribution in [1.29, 1.82) is 0 Å². The van der Waals surface area contributed by atoms with Crippen LogP contribution in [-0.2, 0) is 22.1 Å². The van der Waals surface area contributed by atoms with Crippen molar-refractivity contribution >= 4 is 32.9 Å². The molecule has 0 saturated carbocycles. The lowest BCUT2D eigenvalue weighted by atomic mass is 9.81. The molecule has 0 spiro atoms. The molecule has 1 aromatic heterocycles. The smallest absolute Gasteiger partial charge is 0.261 e. The zero-order valence-electron chi connectivity index (χ0n) is 23.2. The molecule has 1 unspecified atom stereocenters. The number of nitrogens with one attached hydrogen (secondary N) is 1. The third kappa shape index (κ3) is 5.35. The molecule has 0 fully saturated rings. The number of hydrogen-bond acceptors (Lipinski definition) is 6. The van der Waals surface area contributed by atoms with Crippen LogP contribution in [0.15, 0.2) is 101 Å². The fourth-order valence-electron chi connectivity index (χ4n) is 5.42. The maximum atomic E-state index is 13.5. The summed E-state index contributed by atoms with van der Waals surface area (Å²) in [5.41, 5.74) is 5.30. The molecule has 1 N–H and O–H groups in total. The van der Waals surface area contributed by atoms with Crippen molar-refractivity contribution in [1.82, 2.24) is 5.32 Å². The summed E-state index contributed by atoms with van der Waals surface area (Å²) < 4.78 is 32.2. The highest BCUT2D eigenvalue weighted by Gasteiger charge is 2.33. The van der Waals surface area contributed by atoms with E-state index in [9.17, 15) is 18.0 Å². The number of Topliss-reactive ketones (excluding diaryl/α,β-unsaturated/α-hetero) is 1. The minimum atomic E-state index is -3.65. The van der Waals surface area contributed by atoms with Crippen molar-refractivity contribution in [3.05, 3.63) is 129 Å². The van der Waals surface area contributed by atoms with Gasteiger partial charge in [0, 0.05) is 34.0 Å². The molecule has 212 valence electrons. The van der Waals surface area contributed by atoms with Crippen LogP contribution < -0.4 is 10.1 Å². The first-order chi connectivity index (χ1) is 20.2. The molecule has 0 radical (unpaired) electrons. The number of ether oxygens (including phenoxy) is 1. The Labute approximate surface area is 249 Å². The summed E-state index contributed by atoms with van der Waals surface area (Å²) in [4.78, 5) is 28.0. The topological polar surface area (TPSA) is 89.5 Å². The van der Waals surface area contributed by atoms with Gasteiger partial charge in [-0.05, 0) is 66.4 Å². The van der Waals surface area contributed by atoms with E-state index in [2.05, 4.69) is 5.32 Å². The van der Waals surface area contributed by atoms with Gasteiger partial charge < -0.3 is 10.1 Å². The number of methoxy groups -OCH3 is 1. The predicted molar refractivity (Wildman–Crippen MR) is 165 cm³/mol. The van der Waals surface area contributed by atoms with Gasteiger partial charge in [0.05, 0.1) is 22.6 Å². The van der Waals surface area contributed by atoms with Crippen LogP contribution in [0.1, 0.15) is 54.6 Å². The maximum Gasteiger partial charge on any atom is 0.261 e. The van der Waals surface area contributed by atoms with Gasteiger partial charge in [-0.1, -0.05) is 60.2 Å². The SMILES string of the molecule is COc1ccc(C(=O)C2=CC=CCC2c2ccc3c(c2)S(=O)(=O)Cc2cc(C(=O)NCc4ccc(C)cc4)sc2-3)cc1. The lowest BCUT2D eigenvalue weighted by molar-refractivity contribution is 0.0954. The van der Waals surface area contributed by atoms with Crippen molar-refractivity contribution in [2.75, 3.05) is 7.11 Å². The number of allylic oxidation sites excluding steroid dienone is 4. The van der Waals surface area contributed by atoms with Crippen molar-refractivity contribution in [2.45, 2.75) is 36.5 Å². The number of sulfone groups is 1. The van der Waals surface area contributed by atoms with Crippen LogP contribution in [-0.4, -0.2) is 27.2 Å². The summed E-state index contributed by atoms with van der Waals surface area (Å²) in [5.74, 6) is -0.113. The maximum absolute atomic E-state index is 13.5. The molecule has 3 aromatic carbocycles. The zero-order chi connectivity index (χ0) is 29.4. The Kier molecular flexibility index (Phi) is 7.43. The molecule has 0 saturated heterocycles. The Morgan fingerprint density at radius 1 is 1.00 bits per heavy atom. The Morgan fingerprint density at radius 3 is 2.50 bits per heavy atom. The van der Waals surface area contributed by atoms with Crippen LogP contribution in [0.2, 0.25) is 0 Å². The van der Waals surface area contributed by atoms with E-state index in [-0.39, 0.29) is 28.3 Å². The number of ketones is 1. The van der Waals surface area contributed by atoms with Gasteiger partial charge in [0.25, 0.3) is 5.91 Å². The van der Waals surface area contributed by atoms with Crippen molar-refractivity contribution in [2.24, 2.45) is 0 Å². The summed E-state index contributed by atoms with van der Waals surface area (Å²) in [6, 6.07) is 22.1.